The number of amides is 1. The molecule has 0 atom stereocenters. The molecule has 6 nitrogen and oxygen atoms in total. The van der Waals surface area contributed by atoms with Crippen molar-refractivity contribution >= 4 is 22.2 Å². The third-order valence-corrected chi connectivity index (χ3v) is 5.94. The molecule has 3 aromatic rings. The summed E-state index contributed by atoms with van der Waals surface area (Å²) in [6, 6.07) is 18.7. The second-order valence-corrected chi connectivity index (χ2v) is 8.78. The molecular formula is C24H21F3N2O4S. The largest absolute Gasteiger partial charge is 0.416 e. The average molecular weight is 491 g/mol. The number of nitrogens with zero attached hydrogens (tertiary/aromatic N) is 1. The summed E-state index contributed by atoms with van der Waals surface area (Å²) in [5.41, 5.74) is 2.78. The van der Waals surface area contributed by atoms with Crippen LogP contribution in [-0.2, 0) is 27.5 Å². The van der Waals surface area contributed by atoms with E-state index < -0.39 is 26.8 Å². The van der Waals surface area contributed by atoms with E-state index in [1.54, 1.807) is 6.07 Å². The SMILES string of the molecule is O=C(CCCc1ccccc1)N/N=C/c1ccccc1OS(=O)(=O)c1ccc(C(F)(F)F)cc1. The summed E-state index contributed by atoms with van der Waals surface area (Å²) in [6.07, 6.45) is -1.72. The summed E-state index contributed by atoms with van der Waals surface area (Å²) >= 11 is 0. The van der Waals surface area contributed by atoms with Crippen LogP contribution in [0.4, 0.5) is 13.2 Å². The minimum Gasteiger partial charge on any atom is -0.378 e. The lowest BCUT2D eigenvalue weighted by molar-refractivity contribution is -0.137. The van der Waals surface area contributed by atoms with Gasteiger partial charge in [-0.15, -0.1) is 0 Å². The van der Waals surface area contributed by atoms with Crippen molar-refractivity contribution in [2.75, 3.05) is 0 Å². The number of para-hydroxylation sites is 1. The fourth-order valence-electron chi connectivity index (χ4n) is 2.97. The second kappa shape index (κ2) is 11.0. The molecule has 1 amide bonds. The van der Waals surface area contributed by atoms with Crippen molar-refractivity contribution in [1.82, 2.24) is 5.43 Å². The molecule has 3 aromatic carbocycles. The number of carbonyl (C=O) groups is 1. The monoisotopic (exact) mass is 490 g/mol. The van der Waals surface area contributed by atoms with Crippen LogP contribution >= 0.6 is 0 Å². The zero-order valence-electron chi connectivity index (χ0n) is 17.8. The molecule has 10 heteroatoms. The first-order chi connectivity index (χ1) is 16.1. The van der Waals surface area contributed by atoms with E-state index in [0.29, 0.717) is 18.6 Å². The highest BCUT2D eigenvalue weighted by molar-refractivity contribution is 7.87. The smallest absolute Gasteiger partial charge is 0.378 e. The number of benzene rings is 3. The van der Waals surface area contributed by atoms with Crippen LogP contribution < -0.4 is 9.61 Å². The summed E-state index contributed by atoms with van der Waals surface area (Å²) in [5.74, 6) is -0.396. The molecule has 0 bridgehead atoms. The Morgan fingerprint density at radius 3 is 2.26 bits per heavy atom. The summed E-state index contributed by atoms with van der Waals surface area (Å²) in [4.78, 5) is 11.6. The van der Waals surface area contributed by atoms with Gasteiger partial charge in [0.2, 0.25) is 5.91 Å². The van der Waals surface area contributed by atoms with E-state index in [-0.39, 0.29) is 23.6 Å². The average Bonchev–Trinajstić information content (AvgIpc) is 2.80. The van der Waals surface area contributed by atoms with E-state index >= 15 is 0 Å². The van der Waals surface area contributed by atoms with Gasteiger partial charge in [-0.3, -0.25) is 4.79 Å². The number of hydrazone groups is 1. The van der Waals surface area contributed by atoms with Crippen LogP contribution in [-0.4, -0.2) is 20.5 Å². The van der Waals surface area contributed by atoms with Crippen LogP contribution in [0.1, 0.15) is 29.5 Å². The van der Waals surface area contributed by atoms with E-state index in [1.165, 1.54) is 24.4 Å². The van der Waals surface area contributed by atoms with E-state index in [2.05, 4.69) is 10.5 Å². The molecule has 34 heavy (non-hydrogen) atoms. The third-order valence-electron chi connectivity index (χ3n) is 4.69. The Hall–Kier alpha value is -3.66. The summed E-state index contributed by atoms with van der Waals surface area (Å²) in [7, 11) is -4.39. The van der Waals surface area contributed by atoms with Gasteiger partial charge in [0.05, 0.1) is 11.8 Å². The molecule has 0 radical (unpaired) electrons. The molecule has 0 spiro atoms. The Morgan fingerprint density at radius 1 is 0.941 bits per heavy atom. The van der Waals surface area contributed by atoms with Crippen LogP contribution in [0.15, 0.2) is 88.9 Å². The molecule has 0 saturated carbocycles. The zero-order valence-corrected chi connectivity index (χ0v) is 18.6. The van der Waals surface area contributed by atoms with E-state index in [4.69, 9.17) is 4.18 Å². The highest BCUT2D eigenvalue weighted by atomic mass is 32.2. The van der Waals surface area contributed by atoms with Gasteiger partial charge in [-0.1, -0.05) is 42.5 Å². The summed E-state index contributed by atoms with van der Waals surface area (Å²) in [5, 5.41) is 3.84. The van der Waals surface area contributed by atoms with Gasteiger partial charge in [0.15, 0.2) is 5.75 Å². The number of rotatable bonds is 9. The second-order valence-electron chi connectivity index (χ2n) is 7.23. The van der Waals surface area contributed by atoms with Crippen molar-refractivity contribution in [3.63, 3.8) is 0 Å². The number of hydrogen-bond donors (Lipinski definition) is 1. The Bertz CT molecular complexity index is 1240. The van der Waals surface area contributed by atoms with Gasteiger partial charge < -0.3 is 4.18 Å². The first-order valence-corrected chi connectivity index (χ1v) is 11.6. The number of alkyl halides is 3. The normalized spacial score (nSPS) is 12.0. The molecular weight excluding hydrogens is 469 g/mol. The number of hydrogen-bond acceptors (Lipinski definition) is 5. The maximum Gasteiger partial charge on any atom is 0.416 e. The molecule has 1 N–H and O–H groups in total. The predicted molar refractivity (Wildman–Crippen MR) is 121 cm³/mol. The van der Waals surface area contributed by atoms with Crippen molar-refractivity contribution < 1.29 is 30.6 Å². The number of nitrogens with one attached hydrogen (secondary N) is 1. The van der Waals surface area contributed by atoms with Crippen LogP contribution in [0.25, 0.3) is 0 Å². The van der Waals surface area contributed by atoms with Crippen molar-refractivity contribution in [1.29, 1.82) is 0 Å². The minimum atomic E-state index is -4.59. The minimum absolute atomic E-state index is 0.0931. The number of carbonyl (C=O) groups excluding carboxylic acids is 1. The molecule has 0 fully saturated rings. The Balaban J connectivity index is 1.60. The van der Waals surface area contributed by atoms with Gasteiger partial charge in [0, 0.05) is 12.0 Å². The van der Waals surface area contributed by atoms with Crippen LogP contribution in [0.5, 0.6) is 5.75 Å². The quantitative estimate of drug-likeness (QED) is 0.261. The van der Waals surface area contributed by atoms with Gasteiger partial charge in [0.1, 0.15) is 4.90 Å². The molecule has 3 rings (SSSR count). The van der Waals surface area contributed by atoms with E-state index in [1.807, 2.05) is 30.3 Å². The van der Waals surface area contributed by atoms with Crippen molar-refractivity contribution in [2.45, 2.75) is 30.3 Å². The Morgan fingerprint density at radius 2 is 1.59 bits per heavy atom. The van der Waals surface area contributed by atoms with Crippen LogP contribution in [0.2, 0.25) is 0 Å². The molecule has 0 saturated heterocycles. The molecule has 0 aliphatic rings. The Kier molecular flexibility index (Phi) is 8.06. The van der Waals surface area contributed by atoms with Gasteiger partial charge in [-0.25, -0.2) is 5.43 Å². The lowest BCUT2D eigenvalue weighted by Crippen LogP contribution is -2.17. The first-order valence-electron chi connectivity index (χ1n) is 10.2. The first kappa shape index (κ1) is 25.0. The maximum atomic E-state index is 12.7. The molecule has 178 valence electrons. The topological polar surface area (TPSA) is 84.8 Å². The third kappa shape index (κ3) is 7.17. The fraction of sp³-hybridized carbons (Fsp3) is 0.167. The molecule has 0 aliphatic heterocycles. The maximum absolute atomic E-state index is 12.7. The number of aryl methyl sites for hydroxylation is 1. The molecule has 0 unspecified atom stereocenters. The predicted octanol–water partition coefficient (Wildman–Crippen LogP) is 4.95. The zero-order chi connectivity index (χ0) is 24.6. The van der Waals surface area contributed by atoms with Gasteiger partial charge in [-0.2, -0.15) is 26.7 Å². The standard InChI is InChI=1S/C24H21F3N2O4S/c25-24(26,27)20-13-15-21(16-14-20)34(31,32)33-22-11-5-4-10-19(22)17-28-29-23(30)12-6-9-18-7-2-1-3-8-18/h1-5,7-8,10-11,13-17H,6,9,12H2,(H,29,30)/b28-17+. The molecule has 0 aliphatic carbocycles. The van der Waals surface area contributed by atoms with Crippen LogP contribution in [0, 0.1) is 0 Å². The molecule has 0 aromatic heterocycles. The fourth-order valence-corrected chi connectivity index (χ4v) is 3.92. The van der Waals surface area contributed by atoms with Crippen LogP contribution in [0.3, 0.4) is 0 Å². The van der Waals surface area contributed by atoms with Crippen molar-refractivity contribution in [3.05, 3.63) is 95.6 Å². The van der Waals surface area contributed by atoms with Gasteiger partial charge >= 0.3 is 16.3 Å². The lowest BCUT2D eigenvalue weighted by atomic mass is 10.1. The lowest BCUT2D eigenvalue weighted by Gasteiger charge is -2.11. The van der Waals surface area contributed by atoms with Gasteiger partial charge in [0.25, 0.3) is 0 Å². The number of halogens is 3. The Labute approximate surface area is 195 Å². The van der Waals surface area contributed by atoms with Crippen molar-refractivity contribution in [3.8, 4) is 5.75 Å². The highest BCUT2D eigenvalue weighted by Crippen LogP contribution is 2.30. The highest BCUT2D eigenvalue weighted by Gasteiger charge is 2.31. The van der Waals surface area contributed by atoms with E-state index in [9.17, 15) is 26.4 Å². The summed E-state index contributed by atoms with van der Waals surface area (Å²) in [6.45, 7) is 0. The molecule has 0 heterocycles. The summed E-state index contributed by atoms with van der Waals surface area (Å²) < 4.78 is 68.3. The van der Waals surface area contributed by atoms with Crippen molar-refractivity contribution in [2.24, 2.45) is 5.10 Å². The van der Waals surface area contributed by atoms with E-state index in [0.717, 1.165) is 24.1 Å². The van der Waals surface area contributed by atoms with Gasteiger partial charge in [-0.05, 0) is 54.8 Å².